The van der Waals surface area contributed by atoms with Crippen LogP contribution < -0.4 is 5.32 Å². The Hall–Kier alpha value is -2.69. The van der Waals surface area contributed by atoms with Crippen LogP contribution in [0.1, 0.15) is 34.1 Å². The summed E-state index contributed by atoms with van der Waals surface area (Å²) < 4.78 is 27.5. The lowest BCUT2D eigenvalue weighted by molar-refractivity contribution is 0.0932. The molecule has 0 radical (unpaired) electrons. The summed E-state index contributed by atoms with van der Waals surface area (Å²) in [5, 5.41) is 3.28. The highest BCUT2D eigenvalue weighted by Crippen LogP contribution is 2.33. The molecule has 2 aromatic carbocycles. The van der Waals surface area contributed by atoms with E-state index >= 15 is 0 Å². The van der Waals surface area contributed by atoms with Crippen LogP contribution in [0.2, 0.25) is 0 Å². The van der Waals surface area contributed by atoms with E-state index in [0.29, 0.717) is 35.0 Å². The zero-order valence-corrected chi connectivity index (χ0v) is 12.2. The summed E-state index contributed by atoms with van der Waals surface area (Å²) in [6.07, 6.45) is 1.27. The number of aromatic nitrogens is 1. The molecule has 1 unspecified atom stereocenters. The lowest BCUT2D eigenvalue weighted by Gasteiger charge is -2.13. The van der Waals surface area contributed by atoms with Crippen LogP contribution in [0.15, 0.2) is 42.5 Å². The largest absolute Gasteiger partial charge is 0.350 e. The van der Waals surface area contributed by atoms with Crippen molar-refractivity contribution in [2.24, 2.45) is 0 Å². The van der Waals surface area contributed by atoms with Gasteiger partial charge in [0.05, 0.1) is 6.04 Å². The minimum Gasteiger partial charge on any atom is -0.350 e. The van der Waals surface area contributed by atoms with Crippen molar-refractivity contribution in [2.45, 2.75) is 18.9 Å². The Morgan fingerprint density at radius 1 is 1.13 bits per heavy atom. The number of amides is 1. The molecule has 0 spiro atoms. The van der Waals surface area contributed by atoms with Crippen molar-refractivity contribution in [2.75, 3.05) is 0 Å². The number of hydrogen-bond acceptors (Lipinski definition) is 1. The van der Waals surface area contributed by atoms with Crippen molar-refractivity contribution in [3.05, 3.63) is 70.9 Å². The topological polar surface area (TPSA) is 44.9 Å². The van der Waals surface area contributed by atoms with Crippen LogP contribution in [0.25, 0.3) is 10.9 Å². The minimum atomic E-state index is -0.369. The van der Waals surface area contributed by atoms with Gasteiger partial charge >= 0.3 is 0 Å². The summed E-state index contributed by atoms with van der Waals surface area (Å²) in [5.41, 5.74) is 2.36. The summed E-state index contributed by atoms with van der Waals surface area (Å²) >= 11 is 0. The van der Waals surface area contributed by atoms with Gasteiger partial charge in [-0.05, 0) is 48.2 Å². The first-order valence-electron chi connectivity index (χ1n) is 7.49. The van der Waals surface area contributed by atoms with Crippen molar-refractivity contribution in [3.8, 4) is 0 Å². The fraction of sp³-hybridized carbons (Fsp3) is 0.167. The predicted molar refractivity (Wildman–Crippen MR) is 83.2 cm³/mol. The van der Waals surface area contributed by atoms with Crippen LogP contribution >= 0.6 is 0 Å². The molecule has 2 N–H and O–H groups in total. The Morgan fingerprint density at radius 2 is 1.91 bits per heavy atom. The van der Waals surface area contributed by atoms with E-state index in [-0.39, 0.29) is 23.6 Å². The summed E-state index contributed by atoms with van der Waals surface area (Å²) in [6.45, 7) is 0. The highest BCUT2D eigenvalue weighted by atomic mass is 19.1. The van der Waals surface area contributed by atoms with E-state index < -0.39 is 0 Å². The second-order valence-corrected chi connectivity index (χ2v) is 5.76. The third kappa shape index (κ3) is 2.29. The molecule has 1 heterocycles. The lowest BCUT2D eigenvalue weighted by atomic mass is 10.1. The molecule has 3 nitrogen and oxygen atoms in total. The first-order chi connectivity index (χ1) is 11.1. The third-order valence-electron chi connectivity index (χ3n) is 4.37. The van der Waals surface area contributed by atoms with Gasteiger partial charge < -0.3 is 10.3 Å². The number of hydrogen-bond donors (Lipinski definition) is 2. The van der Waals surface area contributed by atoms with E-state index in [0.717, 1.165) is 5.56 Å². The molecule has 1 atom stereocenters. The summed E-state index contributed by atoms with van der Waals surface area (Å²) in [4.78, 5) is 15.3. The average Bonchev–Trinajstić information content (AvgIpc) is 3.14. The molecule has 23 heavy (non-hydrogen) atoms. The number of rotatable bonds is 2. The van der Waals surface area contributed by atoms with Crippen LogP contribution in [0, 0.1) is 11.6 Å². The molecule has 0 aliphatic heterocycles. The molecule has 1 amide bonds. The van der Waals surface area contributed by atoms with Gasteiger partial charge in [-0.1, -0.05) is 18.2 Å². The molecule has 1 aliphatic carbocycles. The van der Waals surface area contributed by atoms with Crippen molar-refractivity contribution < 1.29 is 13.6 Å². The molecule has 5 heteroatoms. The van der Waals surface area contributed by atoms with Crippen molar-refractivity contribution in [3.63, 3.8) is 0 Å². The number of halogens is 2. The van der Waals surface area contributed by atoms with Crippen molar-refractivity contribution in [1.82, 2.24) is 10.3 Å². The number of aromatic amines is 1. The molecule has 0 bridgehead atoms. The van der Waals surface area contributed by atoms with Gasteiger partial charge in [-0.2, -0.15) is 0 Å². The number of benzene rings is 2. The minimum absolute atomic E-state index is 0.218. The monoisotopic (exact) mass is 312 g/mol. The van der Waals surface area contributed by atoms with Crippen LogP contribution in [0.3, 0.4) is 0 Å². The van der Waals surface area contributed by atoms with Gasteiger partial charge in [-0.3, -0.25) is 4.79 Å². The second kappa shape index (κ2) is 5.19. The Bertz CT molecular complexity index is 917. The molecular formula is C18H14F2N2O. The maximum atomic E-state index is 13.7. The normalized spacial score (nSPS) is 16.5. The zero-order chi connectivity index (χ0) is 16.0. The number of fused-ring (bicyclic) bond motifs is 2. The third-order valence-corrected chi connectivity index (χ3v) is 4.37. The Labute approximate surface area is 131 Å². The van der Waals surface area contributed by atoms with Gasteiger partial charge in [0.1, 0.15) is 17.3 Å². The van der Waals surface area contributed by atoms with Crippen LogP contribution in [0.4, 0.5) is 8.78 Å². The van der Waals surface area contributed by atoms with Gasteiger partial charge in [0.15, 0.2) is 0 Å². The SMILES string of the molecule is O=C(NC1CCc2c(F)cccc21)c1cc2c(F)cccc2[nH]1. The predicted octanol–water partition coefficient (Wildman–Crippen LogP) is 3.86. The molecule has 1 aromatic heterocycles. The van der Waals surface area contributed by atoms with E-state index in [2.05, 4.69) is 10.3 Å². The fourth-order valence-corrected chi connectivity index (χ4v) is 3.24. The van der Waals surface area contributed by atoms with Gasteiger partial charge in [0.25, 0.3) is 5.91 Å². The molecule has 0 saturated carbocycles. The molecule has 4 rings (SSSR count). The average molecular weight is 312 g/mol. The zero-order valence-electron chi connectivity index (χ0n) is 12.2. The lowest BCUT2D eigenvalue weighted by Crippen LogP contribution is -2.27. The highest BCUT2D eigenvalue weighted by Gasteiger charge is 2.26. The van der Waals surface area contributed by atoms with E-state index in [1.165, 1.54) is 18.2 Å². The molecule has 0 saturated heterocycles. The Balaban J connectivity index is 1.61. The molecular weight excluding hydrogens is 298 g/mol. The fourth-order valence-electron chi connectivity index (χ4n) is 3.24. The molecule has 0 fully saturated rings. The van der Waals surface area contributed by atoms with Gasteiger partial charge in [-0.25, -0.2) is 8.78 Å². The molecule has 1 aliphatic rings. The Kier molecular flexibility index (Phi) is 3.15. The first-order valence-corrected chi connectivity index (χ1v) is 7.49. The quantitative estimate of drug-likeness (QED) is 0.741. The smallest absolute Gasteiger partial charge is 0.268 e. The number of carbonyl (C=O) groups is 1. The Morgan fingerprint density at radius 3 is 2.74 bits per heavy atom. The van der Waals surface area contributed by atoms with Gasteiger partial charge in [0, 0.05) is 10.9 Å². The number of carbonyl (C=O) groups excluding carboxylic acids is 1. The second-order valence-electron chi connectivity index (χ2n) is 5.76. The van der Waals surface area contributed by atoms with Crippen LogP contribution in [-0.2, 0) is 6.42 Å². The molecule has 3 aromatic rings. The first kappa shape index (κ1) is 13.9. The van der Waals surface area contributed by atoms with Crippen LogP contribution in [0.5, 0.6) is 0 Å². The maximum Gasteiger partial charge on any atom is 0.268 e. The van der Waals surface area contributed by atoms with Gasteiger partial charge in [0.2, 0.25) is 0 Å². The number of nitrogens with one attached hydrogen (secondary N) is 2. The standard InChI is InChI=1S/C18H14F2N2O/c19-13-4-1-3-11-10(13)7-8-16(11)22-18(23)17-9-12-14(20)5-2-6-15(12)21-17/h1-6,9,16,21H,7-8H2,(H,22,23). The summed E-state index contributed by atoms with van der Waals surface area (Å²) in [7, 11) is 0. The van der Waals surface area contributed by atoms with Crippen molar-refractivity contribution in [1.29, 1.82) is 0 Å². The summed E-state index contributed by atoms with van der Waals surface area (Å²) in [6, 6.07) is 10.9. The summed E-state index contributed by atoms with van der Waals surface area (Å²) in [5.74, 6) is -0.916. The van der Waals surface area contributed by atoms with E-state index in [1.54, 1.807) is 18.2 Å². The van der Waals surface area contributed by atoms with Crippen LogP contribution in [-0.4, -0.2) is 10.9 Å². The van der Waals surface area contributed by atoms with Crippen molar-refractivity contribution >= 4 is 16.8 Å². The van der Waals surface area contributed by atoms with Gasteiger partial charge in [-0.15, -0.1) is 0 Å². The maximum absolute atomic E-state index is 13.7. The molecule has 116 valence electrons. The van der Waals surface area contributed by atoms with E-state index in [4.69, 9.17) is 0 Å². The number of H-pyrrole nitrogens is 1. The van der Waals surface area contributed by atoms with E-state index in [1.807, 2.05) is 6.07 Å². The van der Waals surface area contributed by atoms with E-state index in [9.17, 15) is 13.6 Å². The highest BCUT2D eigenvalue weighted by molar-refractivity contribution is 5.98.